The number of pyridine rings is 1. The molecule has 0 spiro atoms. The van der Waals surface area contributed by atoms with Crippen molar-refractivity contribution in [2.45, 2.75) is 66.3 Å². The van der Waals surface area contributed by atoms with Crippen LogP contribution in [-0.4, -0.2) is 10.5 Å². The fraction of sp³-hybridized carbons (Fsp3) is 0.357. The zero-order chi connectivity index (χ0) is 24.0. The maximum atomic E-state index is 13.3. The normalized spacial score (nSPS) is 10.9. The van der Waals surface area contributed by atoms with Crippen LogP contribution < -0.4 is 10.7 Å². The number of hydrogen-bond acceptors (Lipinski definition) is 2. The second-order valence-electron chi connectivity index (χ2n) is 8.40. The highest BCUT2D eigenvalue weighted by Gasteiger charge is 2.22. The quantitative estimate of drug-likeness (QED) is 0.366. The molecule has 0 aliphatic heterocycles. The topological polar surface area (TPSA) is 51.1 Å². The minimum Gasteiger partial charge on any atom is -0.347 e. The monoisotopic (exact) mass is 464 g/mol. The molecule has 33 heavy (non-hydrogen) atoms. The number of para-hydroxylation sites is 1. The van der Waals surface area contributed by atoms with E-state index >= 15 is 0 Å². The number of carbonyl (C=O) groups excluding carboxylic acids is 1. The third-order valence-electron chi connectivity index (χ3n) is 6.32. The molecule has 3 aromatic rings. The number of unbranched alkanes of at least 4 members (excludes halogenated alkanes) is 1. The second-order valence-corrected chi connectivity index (χ2v) is 8.77. The predicted molar refractivity (Wildman–Crippen MR) is 138 cm³/mol. The summed E-state index contributed by atoms with van der Waals surface area (Å²) >= 11 is 6.42. The summed E-state index contributed by atoms with van der Waals surface area (Å²) in [7, 11) is 0. The van der Waals surface area contributed by atoms with Crippen molar-refractivity contribution in [3.63, 3.8) is 0 Å². The lowest BCUT2D eigenvalue weighted by Gasteiger charge is -2.20. The molecular weight excluding hydrogens is 432 g/mol. The van der Waals surface area contributed by atoms with Crippen molar-refractivity contribution in [1.82, 2.24) is 4.57 Å². The lowest BCUT2D eigenvalue weighted by molar-refractivity contribution is 0.102. The van der Waals surface area contributed by atoms with E-state index in [0.717, 1.165) is 48.9 Å². The van der Waals surface area contributed by atoms with E-state index in [-0.39, 0.29) is 10.6 Å². The molecule has 5 heteroatoms. The van der Waals surface area contributed by atoms with Crippen LogP contribution in [0.25, 0.3) is 0 Å². The van der Waals surface area contributed by atoms with E-state index in [1.165, 1.54) is 5.56 Å². The van der Waals surface area contributed by atoms with Crippen LogP contribution >= 0.6 is 11.6 Å². The molecule has 0 aliphatic carbocycles. The number of anilines is 1. The highest BCUT2D eigenvalue weighted by atomic mass is 35.5. The lowest BCUT2D eigenvalue weighted by atomic mass is 10.0. The first-order valence-electron chi connectivity index (χ1n) is 11.7. The van der Waals surface area contributed by atoms with Crippen LogP contribution in [0.2, 0.25) is 5.02 Å². The minimum absolute atomic E-state index is 0.119. The maximum Gasteiger partial charge on any atom is 0.261 e. The van der Waals surface area contributed by atoms with Gasteiger partial charge in [-0.05, 0) is 62.6 Å². The van der Waals surface area contributed by atoms with E-state index in [4.69, 9.17) is 11.6 Å². The lowest BCUT2D eigenvalue weighted by Crippen LogP contribution is -2.29. The number of hydrogen-bond donors (Lipinski definition) is 1. The molecule has 0 bridgehead atoms. The van der Waals surface area contributed by atoms with Gasteiger partial charge in [0.2, 0.25) is 5.43 Å². The molecule has 1 amide bonds. The van der Waals surface area contributed by atoms with Crippen molar-refractivity contribution in [2.75, 3.05) is 5.32 Å². The Hall–Kier alpha value is -2.85. The summed E-state index contributed by atoms with van der Waals surface area (Å²) in [6, 6.07) is 16.4. The van der Waals surface area contributed by atoms with Crippen LogP contribution in [0.3, 0.4) is 0 Å². The first-order valence-corrected chi connectivity index (χ1v) is 12.1. The molecule has 0 unspecified atom stereocenters. The summed E-state index contributed by atoms with van der Waals surface area (Å²) in [5.41, 5.74) is 5.31. The fourth-order valence-electron chi connectivity index (χ4n) is 4.37. The SMILES string of the molecule is CCc1cccc(CC)c1NC(=O)c1c(C)n(CCCCc2ccccc2)c(C)c(Cl)c1=O. The fourth-order valence-corrected chi connectivity index (χ4v) is 4.57. The van der Waals surface area contributed by atoms with Crippen molar-refractivity contribution in [3.8, 4) is 0 Å². The van der Waals surface area contributed by atoms with Gasteiger partial charge in [-0.1, -0.05) is 74.0 Å². The van der Waals surface area contributed by atoms with E-state index < -0.39 is 11.3 Å². The van der Waals surface area contributed by atoms with Crippen LogP contribution in [-0.2, 0) is 25.8 Å². The molecule has 4 nitrogen and oxygen atoms in total. The predicted octanol–water partition coefficient (Wildman–Crippen LogP) is 6.52. The maximum absolute atomic E-state index is 13.3. The summed E-state index contributed by atoms with van der Waals surface area (Å²) in [6.07, 6.45) is 4.52. The largest absolute Gasteiger partial charge is 0.347 e. The number of aromatic nitrogens is 1. The molecule has 2 aromatic carbocycles. The van der Waals surface area contributed by atoms with Crippen molar-refractivity contribution in [1.29, 1.82) is 0 Å². The average molecular weight is 465 g/mol. The van der Waals surface area contributed by atoms with Gasteiger partial charge in [0.05, 0.1) is 0 Å². The average Bonchev–Trinajstić information content (AvgIpc) is 2.83. The van der Waals surface area contributed by atoms with Gasteiger partial charge in [0.15, 0.2) is 0 Å². The summed E-state index contributed by atoms with van der Waals surface area (Å²) < 4.78 is 2.01. The molecule has 0 saturated heterocycles. The van der Waals surface area contributed by atoms with E-state index in [2.05, 4.69) is 43.4 Å². The second kappa shape index (κ2) is 11.3. The third kappa shape index (κ3) is 5.56. The van der Waals surface area contributed by atoms with Crippen LogP contribution in [0.4, 0.5) is 5.69 Å². The molecule has 0 fully saturated rings. The number of nitrogens with zero attached hydrogens (tertiary/aromatic N) is 1. The van der Waals surface area contributed by atoms with Crippen LogP contribution in [0.1, 0.15) is 65.1 Å². The third-order valence-corrected chi connectivity index (χ3v) is 6.77. The number of benzene rings is 2. The molecular formula is C28H33ClN2O2. The van der Waals surface area contributed by atoms with Crippen molar-refractivity contribution < 1.29 is 4.79 Å². The molecule has 174 valence electrons. The minimum atomic E-state index is -0.406. The number of halogens is 1. The van der Waals surface area contributed by atoms with Crippen LogP contribution in [0.15, 0.2) is 53.3 Å². The summed E-state index contributed by atoms with van der Waals surface area (Å²) in [6.45, 7) is 8.50. The Morgan fingerprint density at radius 1 is 0.909 bits per heavy atom. The molecule has 0 aliphatic rings. The number of nitrogens with one attached hydrogen (secondary N) is 1. The molecule has 3 rings (SSSR count). The highest BCUT2D eigenvalue weighted by molar-refractivity contribution is 6.31. The summed E-state index contributed by atoms with van der Waals surface area (Å²) in [5.74, 6) is -0.395. The zero-order valence-electron chi connectivity index (χ0n) is 20.0. The Kier molecular flexibility index (Phi) is 8.51. The standard InChI is InChI=1S/C28H33ClN2O2/c1-5-22-16-12-17-23(6-2)26(22)30-28(33)24-19(3)31(20(4)25(29)27(24)32)18-11-10-15-21-13-8-7-9-14-21/h7-9,12-14,16-17H,5-6,10-11,15,18H2,1-4H3,(H,30,33). The zero-order valence-corrected chi connectivity index (χ0v) is 20.8. The molecule has 0 saturated carbocycles. The van der Waals surface area contributed by atoms with Gasteiger partial charge in [-0.2, -0.15) is 0 Å². The van der Waals surface area contributed by atoms with E-state index in [1.54, 1.807) is 0 Å². The molecule has 0 atom stereocenters. The van der Waals surface area contributed by atoms with E-state index in [1.807, 2.05) is 42.7 Å². The van der Waals surface area contributed by atoms with Crippen LogP contribution in [0, 0.1) is 13.8 Å². The van der Waals surface area contributed by atoms with Crippen LogP contribution in [0.5, 0.6) is 0 Å². The van der Waals surface area contributed by atoms with Gasteiger partial charge in [-0.25, -0.2) is 0 Å². The van der Waals surface area contributed by atoms with Gasteiger partial charge < -0.3 is 9.88 Å². The van der Waals surface area contributed by atoms with E-state index in [9.17, 15) is 9.59 Å². The van der Waals surface area contributed by atoms with E-state index in [0.29, 0.717) is 17.9 Å². The highest BCUT2D eigenvalue weighted by Crippen LogP contribution is 2.24. The van der Waals surface area contributed by atoms with Crippen molar-refractivity contribution in [2.24, 2.45) is 0 Å². The van der Waals surface area contributed by atoms with Crippen molar-refractivity contribution >= 4 is 23.2 Å². The Bertz CT molecular complexity index is 1160. The summed E-state index contributed by atoms with van der Waals surface area (Å²) in [5, 5.41) is 3.15. The number of carbonyl (C=O) groups is 1. The Morgan fingerprint density at radius 3 is 2.15 bits per heavy atom. The van der Waals surface area contributed by atoms with Crippen molar-refractivity contribution in [3.05, 3.63) is 97.4 Å². The van der Waals surface area contributed by atoms with Gasteiger partial charge in [0, 0.05) is 23.6 Å². The number of aryl methyl sites for hydroxylation is 3. The number of amides is 1. The van der Waals surface area contributed by atoms with Gasteiger partial charge >= 0.3 is 0 Å². The first kappa shape index (κ1) is 24.8. The van der Waals surface area contributed by atoms with Gasteiger partial charge in [0.25, 0.3) is 5.91 Å². The van der Waals surface area contributed by atoms with Gasteiger partial charge in [-0.3, -0.25) is 9.59 Å². The number of rotatable bonds is 9. The Balaban J connectivity index is 1.86. The molecule has 0 radical (unpaired) electrons. The Labute approximate surface area is 201 Å². The smallest absolute Gasteiger partial charge is 0.261 e. The van der Waals surface area contributed by atoms with Gasteiger partial charge in [-0.15, -0.1) is 0 Å². The molecule has 1 heterocycles. The molecule has 1 aromatic heterocycles. The summed E-state index contributed by atoms with van der Waals surface area (Å²) in [4.78, 5) is 26.4. The Morgan fingerprint density at radius 2 is 1.55 bits per heavy atom. The van der Waals surface area contributed by atoms with Gasteiger partial charge in [0.1, 0.15) is 10.6 Å². The molecule has 1 N–H and O–H groups in total. The first-order chi connectivity index (χ1) is 15.9.